The van der Waals surface area contributed by atoms with Crippen LogP contribution in [0.15, 0.2) is 42.5 Å². The lowest BCUT2D eigenvalue weighted by molar-refractivity contribution is 0.208. The Kier molecular flexibility index (Phi) is 6.67. The summed E-state index contributed by atoms with van der Waals surface area (Å²) in [5.74, 6) is 0.201. The van der Waals surface area contributed by atoms with Crippen LogP contribution in [-0.2, 0) is 0 Å². The molecule has 0 aromatic heterocycles. The minimum absolute atomic E-state index is 0.201. The molecule has 0 heterocycles. The number of hydrogen-bond acceptors (Lipinski definition) is 4. The molecule has 0 aliphatic rings. The second kappa shape index (κ2) is 8.94. The van der Waals surface area contributed by atoms with E-state index in [1.807, 2.05) is 6.07 Å². The number of anilines is 2. The number of halogens is 2. The van der Waals surface area contributed by atoms with E-state index >= 15 is 0 Å². The maximum atomic E-state index is 12.5. The van der Waals surface area contributed by atoms with Crippen LogP contribution in [0.1, 0.15) is 0 Å². The number of ether oxygens (including phenoxy) is 1. The molecule has 2 N–H and O–H groups in total. The average Bonchev–Trinajstić information content (AvgIpc) is 2.62. The maximum absolute atomic E-state index is 12.5. The molecular formula is C17H14Cl2N4O3. The molecule has 26 heavy (non-hydrogen) atoms. The fourth-order valence-electron chi connectivity index (χ4n) is 1.97. The summed E-state index contributed by atoms with van der Waals surface area (Å²) in [6.07, 6.45) is -0.776. The average molecular weight is 393 g/mol. The summed E-state index contributed by atoms with van der Waals surface area (Å²) in [6.45, 7) is -0.243. The monoisotopic (exact) mass is 392 g/mol. The Morgan fingerprint density at radius 1 is 1.19 bits per heavy atom. The Labute approximate surface area is 160 Å². The Balaban J connectivity index is 2.20. The van der Waals surface area contributed by atoms with Gasteiger partial charge in [-0.3, -0.25) is 4.90 Å². The normalized spacial score (nSPS) is 9.77. The first-order valence-corrected chi connectivity index (χ1v) is 8.10. The van der Waals surface area contributed by atoms with Gasteiger partial charge >= 0.3 is 12.1 Å². The van der Waals surface area contributed by atoms with Crippen molar-refractivity contribution in [2.75, 3.05) is 23.8 Å². The molecule has 0 radical (unpaired) electrons. The van der Waals surface area contributed by atoms with Crippen LogP contribution >= 0.6 is 23.2 Å². The summed E-state index contributed by atoms with van der Waals surface area (Å²) in [5, 5.41) is 14.5. The molecule has 0 atom stereocenters. The molecule has 0 bridgehead atoms. The fourth-order valence-corrected chi connectivity index (χ4v) is 2.26. The van der Waals surface area contributed by atoms with Gasteiger partial charge in [0.05, 0.1) is 16.1 Å². The number of nitriles is 1. The van der Waals surface area contributed by atoms with E-state index in [0.29, 0.717) is 16.4 Å². The molecule has 0 aliphatic carbocycles. The lowest BCUT2D eigenvalue weighted by atomic mass is 10.3. The fraction of sp³-hybridized carbons (Fsp3) is 0.118. The molecular weight excluding hydrogens is 379 g/mol. The number of amides is 3. The molecule has 0 aliphatic heterocycles. The van der Waals surface area contributed by atoms with Crippen molar-refractivity contribution >= 4 is 46.7 Å². The molecule has 134 valence electrons. The van der Waals surface area contributed by atoms with Crippen molar-refractivity contribution in [2.24, 2.45) is 0 Å². The van der Waals surface area contributed by atoms with Gasteiger partial charge in [-0.2, -0.15) is 5.26 Å². The van der Waals surface area contributed by atoms with Gasteiger partial charge in [0.2, 0.25) is 0 Å². The number of benzene rings is 2. The molecule has 2 aromatic carbocycles. The van der Waals surface area contributed by atoms with E-state index in [-0.39, 0.29) is 17.3 Å². The summed E-state index contributed by atoms with van der Waals surface area (Å²) in [4.78, 5) is 24.9. The van der Waals surface area contributed by atoms with Crippen molar-refractivity contribution in [3.8, 4) is 11.8 Å². The quantitative estimate of drug-likeness (QED) is 0.759. The van der Waals surface area contributed by atoms with Crippen molar-refractivity contribution in [3.63, 3.8) is 0 Å². The van der Waals surface area contributed by atoms with Crippen LogP contribution in [0, 0.1) is 11.3 Å². The second-order valence-corrected chi connectivity index (χ2v) is 5.76. The lowest BCUT2D eigenvalue weighted by Gasteiger charge is -2.19. The van der Waals surface area contributed by atoms with Crippen LogP contribution in [-0.4, -0.2) is 25.7 Å². The first-order valence-electron chi connectivity index (χ1n) is 7.34. The predicted octanol–water partition coefficient (Wildman–Crippen LogP) is 4.27. The number of carbonyl (C=O) groups excluding carboxylic acids is 2. The molecule has 0 fully saturated rings. The molecule has 0 unspecified atom stereocenters. The predicted molar refractivity (Wildman–Crippen MR) is 100.0 cm³/mol. The first kappa shape index (κ1) is 19.4. The summed E-state index contributed by atoms with van der Waals surface area (Å²) < 4.78 is 5.30. The van der Waals surface area contributed by atoms with Crippen molar-refractivity contribution < 1.29 is 14.3 Å². The number of rotatable bonds is 4. The van der Waals surface area contributed by atoms with E-state index in [4.69, 9.17) is 33.2 Å². The van der Waals surface area contributed by atoms with Gasteiger partial charge in [0.15, 0.2) is 0 Å². The molecule has 2 aromatic rings. The number of carbonyl (C=O) groups is 2. The van der Waals surface area contributed by atoms with Gasteiger partial charge < -0.3 is 15.4 Å². The lowest BCUT2D eigenvalue weighted by Crippen LogP contribution is -2.34. The topological polar surface area (TPSA) is 94.5 Å². The zero-order valence-electron chi connectivity index (χ0n) is 13.6. The van der Waals surface area contributed by atoms with Crippen LogP contribution in [0.25, 0.3) is 0 Å². The number of nitrogens with zero attached hydrogens (tertiary/aromatic N) is 2. The number of hydrogen-bond donors (Lipinski definition) is 2. The van der Waals surface area contributed by atoms with E-state index in [2.05, 4.69) is 10.6 Å². The summed E-state index contributed by atoms with van der Waals surface area (Å²) >= 11 is 11.8. The third kappa shape index (κ3) is 5.02. The third-order valence-corrected chi connectivity index (χ3v) is 3.93. The Bertz CT molecular complexity index is 867. The zero-order chi connectivity index (χ0) is 19.1. The van der Waals surface area contributed by atoms with E-state index < -0.39 is 12.1 Å². The van der Waals surface area contributed by atoms with E-state index in [9.17, 15) is 9.59 Å². The van der Waals surface area contributed by atoms with Gasteiger partial charge in [-0.25, -0.2) is 9.59 Å². The second-order valence-electron chi connectivity index (χ2n) is 4.94. The van der Waals surface area contributed by atoms with E-state index in [1.165, 1.54) is 25.2 Å². The molecule has 0 saturated heterocycles. The number of urea groups is 1. The molecule has 0 spiro atoms. The van der Waals surface area contributed by atoms with Gasteiger partial charge in [0.1, 0.15) is 12.3 Å². The molecule has 9 heteroatoms. The highest BCUT2D eigenvalue weighted by Crippen LogP contribution is 2.28. The summed E-state index contributed by atoms with van der Waals surface area (Å²) in [5.41, 5.74) is 0.807. The Hall–Kier alpha value is -2.95. The van der Waals surface area contributed by atoms with Crippen LogP contribution in [0.4, 0.5) is 21.0 Å². The maximum Gasteiger partial charge on any atom is 0.420 e. The molecule has 2 rings (SSSR count). The highest BCUT2D eigenvalue weighted by Gasteiger charge is 2.19. The molecule has 0 saturated carbocycles. The van der Waals surface area contributed by atoms with Gasteiger partial charge in [-0.15, -0.1) is 0 Å². The van der Waals surface area contributed by atoms with Crippen molar-refractivity contribution in [3.05, 3.63) is 52.5 Å². The van der Waals surface area contributed by atoms with Gasteiger partial charge in [-0.1, -0.05) is 29.3 Å². The van der Waals surface area contributed by atoms with Crippen molar-refractivity contribution in [2.45, 2.75) is 0 Å². The minimum Gasteiger partial charge on any atom is -0.410 e. The van der Waals surface area contributed by atoms with Crippen LogP contribution in [0.3, 0.4) is 0 Å². The van der Waals surface area contributed by atoms with Crippen LogP contribution < -0.4 is 20.3 Å². The van der Waals surface area contributed by atoms with E-state index in [1.54, 1.807) is 24.3 Å². The van der Waals surface area contributed by atoms with Crippen LogP contribution in [0.5, 0.6) is 5.75 Å². The van der Waals surface area contributed by atoms with Gasteiger partial charge in [-0.05, 0) is 30.3 Å². The first-order chi connectivity index (χ1) is 12.4. The third-order valence-electron chi connectivity index (χ3n) is 3.19. The smallest absolute Gasteiger partial charge is 0.410 e. The number of nitrogens with one attached hydrogen (secondary N) is 2. The van der Waals surface area contributed by atoms with Crippen molar-refractivity contribution in [1.82, 2.24) is 5.32 Å². The Morgan fingerprint density at radius 3 is 2.62 bits per heavy atom. The van der Waals surface area contributed by atoms with Gasteiger partial charge in [0, 0.05) is 24.5 Å². The standard InChI is InChI=1S/C17H14Cl2N4O3/c1-21-16(24)22-11-3-2-4-13(9-11)26-17(25)23(8-7-20)12-5-6-14(18)15(19)10-12/h2-6,9-10H,8H2,1H3,(H2,21,22,24). The summed E-state index contributed by atoms with van der Waals surface area (Å²) in [7, 11) is 1.48. The zero-order valence-corrected chi connectivity index (χ0v) is 15.1. The Morgan fingerprint density at radius 2 is 1.96 bits per heavy atom. The van der Waals surface area contributed by atoms with Crippen molar-refractivity contribution in [1.29, 1.82) is 5.26 Å². The molecule has 3 amide bonds. The highest BCUT2D eigenvalue weighted by atomic mass is 35.5. The largest absolute Gasteiger partial charge is 0.420 e. The minimum atomic E-state index is -0.776. The van der Waals surface area contributed by atoms with Crippen LogP contribution in [0.2, 0.25) is 10.0 Å². The van der Waals surface area contributed by atoms with E-state index in [0.717, 1.165) is 4.90 Å². The van der Waals surface area contributed by atoms with Gasteiger partial charge in [0.25, 0.3) is 0 Å². The molecule has 7 nitrogen and oxygen atoms in total. The SMILES string of the molecule is CNC(=O)Nc1cccc(OC(=O)N(CC#N)c2ccc(Cl)c(Cl)c2)c1. The highest BCUT2D eigenvalue weighted by molar-refractivity contribution is 6.42. The summed E-state index contributed by atoms with van der Waals surface area (Å²) in [6, 6.07) is 12.3.